The standard InChI is InChI=1S/C9H11F2NO2.ClH/c1-14-7-3-2-5(10)8(9(7)11)6(12)4-13;/h2-3,6,13H,4,12H2,1H3;1H/t6-;/m0./s1. The average molecular weight is 240 g/mol. The minimum absolute atomic E-state index is 0. The molecule has 1 aromatic rings. The summed E-state index contributed by atoms with van der Waals surface area (Å²) in [4.78, 5) is 0. The van der Waals surface area contributed by atoms with Crippen LogP contribution in [-0.4, -0.2) is 18.8 Å². The maximum Gasteiger partial charge on any atom is 0.172 e. The highest BCUT2D eigenvalue weighted by Gasteiger charge is 2.19. The highest BCUT2D eigenvalue weighted by Crippen LogP contribution is 2.26. The van der Waals surface area contributed by atoms with E-state index >= 15 is 0 Å². The van der Waals surface area contributed by atoms with Gasteiger partial charge in [0.25, 0.3) is 0 Å². The van der Waals surface area contributed by atoms with Crippen molar-refractivity contribution < 1.29 is 18.6 Å². The molecular weight excluding hydrogens is 228 g/mol. The molecular formula is C9H12ClF2NO2. The summed E-state index contributed by atoms with van der Waals surface area (Å²) >= 11 is 0. The molecule has 1 atom stereocenters. The van der Waals surface area contributed by atoms with Gasteiger partial charge < -0.3 is 15.6 Å². The summed E-state index contributed by atoms with van der Waals surface area (Å²) in [5.74, 6) is -1.75. The van der Waals surface area contributed by atoms with Crippen LogP contribution in [0.4, 0.5) is 8.78 Å². The Kier molecular flexibility index (Phi) is 5.49. The molecule has 15 heavy (non-hydrogen) atoms. The first-order valence-electron chi connectivity index (χ1n) is 4.00. The predicted molar refractivity (Wildman–Crippen MR) is 54.2 cm³/mol. The molecule has 3 nitrogen and oxygen atoms in total. The van der Waals surface area contributed by atoms with Crippen molar-refractivity contribution in [3.8, 4) is 5.75 Å². The van der Waals surface area contributed by atoms with Crippen LogP contribution in [0.1, 0.15) is 11.6 Å². The van der Waals surface area contributed by atoms with Crippen molar-refractivity contribution in [2.45, 2.75) is 6.04 Å². The Labute approximate surface area is 92.3 Å². The van der Waals surface area contributed by atoms with E-state index in [1.807, 2.05) is 0 Å². The van der Waals surface area contributed by atoms with E-state index < -0.39 is 24.3 Å². The van der Waals surface area contributed by atoms with Gasteiger partial charge in [0.2, 0.25) is 0 Å². The quantitative estimate of drug-likeness (QED) is 0.838. The Morgan fingerprint density at radius 3 is 2.53 bits per heavy atom. The van der Waals surface area contributed by atoms with Gasteiger partial charge in [-0.25, -0.2) is 8.78 Å². The molecule has 0 radical (unpaired) electrons. The van der Waals surface area contributed by atoms with E-state index in [0.29, 0.717) is 0 Å². The molecule has 0 saturated heterocycles. The van der Waals surface area contributed by atoms with Crippen LogP contribution in [0.25, 0.3) is 0 Å². The number of nitrogens with two attached hydrogens (primary N) is 1. The van der Waals surface area contributed by atoms with Gasteiger partial charge in [0, 0.05) is 5.56 Å². The van der Waals surface area contributed by atoms with Gasteiger partial charge in [-0.15, -0.1) is 12.4 Å². The fraction of sp³-hybridized carbons (Fsp3) is 0.333. The van der Waals surface area contributed by atoms with E-state index in [-0.39, 0.29) is 23.7 Å². The maximum atomic E-state index is 13.4. The van der Waals surface area contributed by atoms with Crippen LogP contribution in [0.15, 0.2) is 12.1 Å². The number of ether oxygens (including phenoxy) is 1. The summed E-state index contributed by atoms with van der Waals surface area (Å²) < 4.78 is 31.2. The summed E-state index contributed by atoms with van der Waals surface area (Å²) in [5, 5.41) is 8.70. The van der Waals surface area contributed by atoms with Gasteiger partial charge in [-0.3, -0.25) is 0 Å². The smallest absolute Gasteiger partial charge is 0.172 e. The van der Waals surface area contributed by atoms with E-state index in [9.17, 15) is 8.78 Å². The van der Waals surface area contributed by atoms with Gasteiger partial charge in [0.1, 0.15) is 5.82 Å². The molecule has 3 N–H and O–H groups in total. The molecule has 0 aliphatic carbocycles. The van der Waals surface area contributed by atoms with Crippen molar-refractivity contribution in [1.29, 1.82) is 0 Å². The zero-order chi connectivity index (χ0) is 10.7. The third kappa shape index (κ3) is 2.77. The van der Waals surface area contributed by atoms with Crippen molar-refractivity contribution in [2.75, 3.05) is 13.7 Å². The molecule has 1 rings (SSSR count). The maximum absolute atomic E-state index is 13.4. The number of benzene rings is 1. The average Bonchev–Trinajstić information content (AvgIpc) is 2.18. The Balaban J connectivity index is 0.00000196. The molecule has 0 bridgehead atoms. The monoisotopic (exact) mass is 239 g/mol. The summed E-state index contributed by atoms with van der Waals surface area (Å²) in [5.41, 5.74) is 4.98. The first kappa shape index (κ1) is 14.1. The summed E-state index contributed by atoms with van der Waals surface area (Å²) in [6, 6.07) is 1.13. The van der Waals surface area contributed by atoms with Crippen molar-refractivity contribution >= 4 is 12.4 Å². The molecule has 1 aromatic carbocycles. The third-order valence-corrected chi connectivity index (χ3v) is 1.88. The van der Waals surface area contributed by atoms with Gasteiger partial charge in [-0.1, -0.05) is 0 Å². The second-order valence-corrected chi connectivity index (χ2v) is 2.77. The Bertz CT molecular complexity index is 336. The predicted octanol–water partition coefficient (Wildman–Crippen LogP) is 1.39. The fourth-order valence-corrected chi connectivity index (χ4v) is 1.14. The van der Waals surface area contributed by atoms with Crippen LogP contribution < -0.4 is 10.5 Å². The molecule has 0 spiro atoms. The fourth-order valence-electron chi connectivity index (χ4n) is 1.14. The number of halogens is 3. The Morgan fingerprint density at radius 2 is 2.07 bits per heavy atom. The molecule has 0 aliphatic heterocycles. The first-order valence-corrected chi connectivity index (χ1v) is 4.00. The summed E-state index contributed by atoms with van der Waals surface area (Å²) in [6.45, 7) is -0.527. The lowest BCUT2D eigenvalue weighted by Gasteiger charge is -2.12. The molecule has 0 heterocycles. The van der Waals surface area contributed by atoms with E-state index in [0.717, 1.165) is 12.1 Å². The number of methoxy groups -OCH3 is 1. The van der Waals surface area contributed by atoms with Gasteiger partial charge in [-0.05, 0) is 12.1 Å². The lowest BCUT2D eigenvalue weighted by molar-refractivity contribution is 0.260. The van der Waals surface area contributed by atoms with Gasteiger partial charge >= 0.3 is 0 Å². The minimum atomic E-state index is -1.08. The van der Waals surface area contributed by atoms with Crippen molar-refractivity contribution in [1.82, 2.24) is 0 Å². The topological polar surface area (TPSA) is 55.5 Å². The van der Waals surface area contributed by atoms with Gasteiger partial charge in [0.15, 0.2) is 11.6 Å². The second kappa shape index (κ2) is 5.85. The Morgan fingerprint density at radius 1 is 1.47 bits per heavy atom. The van der Waals surface area contributed by atoms with Crippen LogP contribution in [0, 0.1) is 11.6 Å². The normalized spacial score (nSPS) is 11.8. The molecule has 86 valence electrons. The SMILES string of the molecule is COc1ccc(F)c([C@@H](N)CO)c1F.Cl. The molecule has 0 aliphatic rings. The van der Waals surface area contributed by atoms with Crippen LogP contribution in [-0.2, 0) is 0 Å². The Hall–Kier alpha value is -0.910. The van der Waals surface area contributed by atoms with E-state index in [1.165, 1.54) is 7.11 Å². The van der Waals surface area contributed by atoms with E-state index in [1.54, 1.807) is 0 Å². The third-order valence-electron chi connectivity index (χ3n) is 1.88. The molecule has 6 heteroatoms. The lowest BCUT2D eigenvalue weighted by Crippen LogP contribution is -2.18. The minimum Gasteiger partial charge on any atom is -0.494 e. The molecule has 0 fully saturated rings. The molecule has 0 amide bonds. The molecule has 0 saturated carbocycles. The van der Waals surface area contributed by atoms with Crippen LogP contribution >= 0.6 is 12.4 Å². The van der Waals surface area contributed by atoms with Crippen molar-refractivity contribution in [3.63, 3.8) is 0 Å². The van der Waals surface area contributed by atoms with Gasteiger partial charge in [-0.2, -0.15) is 0 Å². The highest BCUT2D eigenvalue weighted by atomic mass is 35.5. The van der Waals surface area contributed by atoms with E-state index in [2.05, 4.69) is 4.74 Å². The van der Waals surface area contributed by atoms with Crippen LogP contribution in [0.3, 0.4) is 0 Å². The van der Waals surface area contributed by atoms with Crippen molar-refractivity contribution in [3.05, 3.63) is 29.3 Å². The molecule has 0 unspecified atom stereocenters. The zero-order valence-corrected chi connectivity index (χ0v) is 8.85. The largest absolute Gasteiger partial charge is 0.494 e. The van der Waals surface area contributed by atoms with Crippen molar-refractivity contribution in [2.24, 2.45) is 5.73 Å². The number of aliphatic hydroxyl groups excluding tert-OH is 1. The zero-order valence-electron chi connectivity index (χ0n) is 8.04. The second-order valence-electron chi connectivity index (χ2n) is 2.77. The lowest BCUT2D eigenvalue weighted by atomic mass is 10.1. The summed E-state index contributed by atoms with van der Waals surface area (Å²) in [6.07, 6.45) is 0. The number of hydrogen-bond donors (Lipinski definition) is 2. The number of rotatable bonds is 3. The highest BCUT2D eigenvalue weighted by molar-refractivity contribution is 5.85. The summed E-state index contributed by atoms with van der Waals surface area (Å²) in [7, 11) is 1.27. The molecule has 0 aromatic heterocycles. The van der Waals surface area contributed by atoms with Gasteiger partial charge in [0.05, 0.1) is 19.8 Å². The van der Waals surface area contributed by atoms with Crippen LogP contribution in [0.2, 0.25) is 0 Å². The number of hydrogen-bond acceptors (Lipinski definition) is 3. The van der Waals surface area contributed by atoms with Crippen LogP contribution in [0.5, 0.6) is 5.75 Å². The van der Waals surface area contributed by atoms with E-state index in [4.69, 9.17) is 10.8 Å². The number of aliphatic hydroxyl groups is 1. The first-order chi connectivity index (χ1) is 6.61.